The van der Waals surface area contributed by atoms with E-state index in [0.29, 0.717) is 5.82 Å². The number of nitrogens with zero attached hydrogens (tertiary/aromatic N) is 2. The van der Waals surface area contributed by atoms with Gasteiger partial charge >= 0.3 is 6.09 Å². The van der Waals surface area contributed by atoms with Gasteiger partial charge in [-0.05, 0) is 34.6 Å². The van der Waals surface area contributed by atoms with Gasteiger partial charge in [0.05, 0.1) is 17.9 Å². The normalized spacial score (nSPS) is 14.3. The molecule has 0 aliphatic rings. The van der Waals surface area contributed by atoms with Crippen molar-refractivity contribution < 1.29 is 9.53 Å². The van der Waals surface area contributed by atoms with Crippen LogP contribution in [0.2, 0.25) is 0 Å². The molecule has 2 N–H and O–H groups in total. The third-order valence-corrected chi connectivity index (χ3v) is 2.63. The highest BCUT2D eigenvalue weighted by Crippen LogP contribution is 2.15. The first kappa shape index (κ1) is 16.9. The Hall–Kier alpha value is -2.11. The van der Waals surface area contributed by atoms with Crippen molar-refractivity contribution in [3.8, 4) is 0 Å². The number of nitrogens with one attached hydrogen (secondary N) is 2. The van der Waals surface area contributed by atoms with Crippen LogP contribution >= 0.6 is 0 Å². The molecule has 0 fully saturated rings. The molecule has 1 aromatic heterocycles. The largest absolute Gasteiger partial charge is 0.444 e. The average Bonchev–Trinajstić information content (AvgIpc) is 2.82. The number of alkyl carbamates (subject to hydrolysis) is 1. The summed E-state index contributed by atoms with van der Waals surface area (Å²) in [5, 5.41) is 2.75. The Kier molecular flexibility index (Phi) is 5.69. The zero-order chi connectivity index (χ0) is 16.0. The number of hydrogen-bond acceptors (Lipinski definition) is 4. The molecule has 0 saturated heterocycles. The minimum Gasteiger partial charge on any atom is -0.444 e. The topological polar surface area (TPSA) is 79.4 Å². The van der Waals surface area contributed by atoms with Crippen LogP contribution in [0.15, 0.2) is 17.3 Å². The molecule has 1 amide bonds. The highest BCUT2D eigenvalue weighted by atomic mass is 16.6. The number of carbonyl (C=O) groups excluding carboxylic acids is 1. The number of carbonyl (C=O) groups is 1. The van der Waals surface area contributed by atoms with E-state index in [4.69, 9.17) is 4.74 Å². The van der Waals surface area contributed by atoms with Crippen molar-refractivity contribution in [3.63, 3.8) is 0 Å². The monoisotopic (exact) mass is 292 g/mol. The third kappa shape index (κ3) is 5.41. The molecule has 0 saturated carbocycles. The molecule has 1 heterocycles. The van der Waals surface area contributed by atoms with Gasteiger partial charge in [-0.3, -0.25) is 4.99 Å². The third-order valence-electron chi connectivity index (χ3n) is 2.63. The second kappa shape index (κ2) is 7.06. The highest BCUT2D eigenvalue weighted by molar-refractivity contribution is 6.08. The molecule has 0 aromatic carbocycles. The molecule has 0 spiro atoms. The average molecular weight is 292 g/mol. The number of aliphatic imine (C=N–C) groups is 1. The summed E-state index contributed by atoms with van der Waals surface area (Å²) in [5.41, 5.74) is 1.28. The van der Waals surface area contributed by atoms with Crippen molar-refractivity contribution in [3.05, 3.63) is 23.8 Å². The molecule has 0 unspecified atom stereocenters. The lowest BCUT2D eigenvalue weighted by molar-refractivity contribution is 0.0506. The molecule has 0 bridgehead atoms. The van der Waals surface area contributed by atoms with E-state index in [-0.39, 0.29) is 6.04 Å². The maximum atomic E-state index is 11.7. The fourth-order valence-electron chi connectivity index (χ4n) is 1.69. The molecule has 21 heavy (non-hydrogen) atoms. The predicted octanol–water partition coefficient (Wildman–Crippen LogP) is 3.10. The van der Waals surface area contributed by atoms with Gasteiger partial charge in [0.25, 0.3) is 0 Å². The van der Waals surface area contributed by atoms with E-state index in [1.165, 1.54) is 0 Å². The van der Waals surface area contributed by atoms with Crippen LogP contribution in [0.1, 0.15) is 52.2 Å². The quantitative estimate of drug-likeness (QED) is 0.837. The fourth-order valence-corrected chi connectivity index (χ4v) is 1.69. The Balaban J connectivity index is 2.74. The molecule has 6 nitrogen and oxygen atoms in total. The maximum Gasteiger partial charge on any atom is 0.408 e. The lowest BCUT2D eigenvalue weighted by Crippen LogP contribution is -2.34. The van der Waals surface area contributed by atoms with Crippen molar-refractivity contribution in [2.75, 3.05) is 7.05 Å². The molecular weight excluding hydrogens is 268 g/mol. The molecule has 6 heteroatoms. The summed E-state index contributed by atoms with van der Waals surface area (Å²) >= 11 is 0. The second-order valence-corrected chi connectivity index (χ2v) is 5.68. The van der Waals surface area contributed by atoms with Crippen LogP contribution in [0.4, 0.5) is 4.79 Å². The first-order valence-corrected chi connectivity index (χ1v) is 6.90. The molecule has 0 radical (unpaired) electrons. The van der Waals surface area contributed by atoms with Gasteiger partial charge in [-0.25, -0.2) is 9.78 Å². The Labute approximate surface area is 125 Å². The smallest absolute Gasteiger partial charge is 0.408 e. The molecule has 1 rings (SSSR count). The van der Waals surface area contributed by atoms with Gasteiger partial charge < -0.3 is 15.0 Å². The first-order chi connectivity index (χ1) is 9.76. The lowest BCUT2D eigenvalue weighted by atomic mass is 10.2. The Morgan fingerprint density at radius 3 is 2.71 bits per heavy atom. The highest BCUT2D eigenvalue weighted by Gasteiger charge is 2.19. The number of aromatic amines is 1. The minimum atomic E-state index is -0.520. The number of aromatic nitrogens is 2. The van der Waals surface area contributed by atoms with E-state index in [2.05, 4.69) is 20.3 Å². The molecule has 116 valence electrons. The van der Waals surface area contributed by atoms with Crippen molar-refractivity contribution in [1.82, 2.24) is 15.3 Å². The molecular formula is C15H24N4O2. The number of amides is 1. The van der Waals surface area contributed by atoms with Crippen LogP contribution in [0.25, 0.3) is 5.57 Å². The second-order valence-electron chi connectivity index (χ2n) is 5.68. The van der Waals surface area contributed by atoms with Crippen LogP contribution in [0, 0.1) is 0 Å². The summed E-state index contributed by atoms with van der Waals surface area (Å²) in [5.74, 6) is 0.666. The van der Waals surface area contributed by atoms with Crippen molar-refractivity contribution in [2.45, 2.75) is 46.3 Å². The van der Waals surface area contributed by atoms with Gasteiger partial charge in [0.2, 0.25) is 0 Å². The van der Waals surface area contributed by atoms with E-state index in [1.54, 1.807) is 19.5 Å². The van der Waals surface area contributed by atoms with Crippen LogP contribution in [0.5, 0.6) is 0 Å². The summed E-state index contributed by atoms with van der Waals surface area (Å²) in [6, 6.07) is -0.273. The Morgan fingerprint density at radius 2 is 2.19 bits per heavy atom. The summed E-state index contributed by atoms with van der Waals surface area (Å²) in [7, 11) is 1.72. The van der Waals surface area contributed by atoms with Gasteiger partial charge in [-0.15, -0.1) is 0 Å². The van der Waals surface area contributed by atoms with Crippen LogP contribution in [0.3, 0.4) is 0 Å². The summed E-state index contributed by atoms with van der Waals surface area (Å²) in [6.45, 7) is 9.25. The molecule has 0 aliphatic heterocycles. The van der Waals surface area contributed by atoms with Crippen molar-refractivity contribution in [2.24, 2.45) is 4.99 Å². The van der Waals surface area contributed by atoms with Gasteiger partial charge in [0.1, 0.15) is 11.4 Å². The zero-order valence-electron chi connectivity index (χ0n) is 13.5. The van der Waals surface area contributed by atoms with Crippen LogP contribution < -0.4 is 5.32 Å². The maximum absolute atomic E-state index is 11.7. The number of allylic oxidation sites excluding steroid dienone is 2. The number of imidazole rings is 1. The Bertz CT molecular complexity index is 538. The zero-order valence-corrected chi connectivity index (χ0v) is 13.5. The van der Waals surface area contributed by atoms with Crippen LogP contribution in [-0.4, -0.2) is 34.9 Å². The predicted molar refractivity (Wildman–Crippen MR) is 84.4 cm³/mol. The van der Waals surface area contributed by atoms with Crippen molar-refractivity contribution >= 4 is 17.9 Å². The van der Waals surface area contributed by atoms with Gasteiger partial charge in [-0.1, -0.05) is 6.08 Å². The van der Waals surface area contributed by atoms with Gasteiger partial charge in [-0.2, -0.15) is 0 Å². The van der Waals surface area contributed by atoms with E-state index in [9.17, 15) is 4.79 Å². The van der Waals surface area contributed by atoms with E-state index < -0.39 is 11.7 Å². The molecule has 0 aliphatic carbocycles. The summed E-state index contributed by atoms with van der Waals surface area (Å²) in [6.07, 6.45) is 4.95. The number of ether oxygens (including phenoxy) is 1. The lowest BCUT2D eigenvalue weighted by Gasteiger charge is -2.21. The Morgan fingerprint density at radius 1 is 1.52 bits per heavy atom. The van der Waals surface area contributed by atoms with E-state index in [1.807, 2.05) is 40.7 Å². The van der Waals surface area contributed by atoms with Gasteiger partial charge in [0.15, 0.2) is 0 Å². The molecule has 1 aromatic rings. The minimum absolute atomic E-state index is 0.273. The van der Waals surface area contributed by atoms with Crippen LogP contribution in [-0.2, 0) is 4.74 Å². The molecule has 1 atom stereocenters. The van der Waals surface area contributed by atoms with Gasteiger partial charge in [0, 0.05) is 18.8 Å². The van der Waals surface area contributed by atoms with E-state index >= 15 is 0 Å². The summed E-state index contributed by atoms with van der Waals surface area (Å²) < 4.78 is 5.22. The number of rotatable bonds is 4. The summed E-state index contributed by atoms with van der Waals surface area (Å²) in [4.78, 5) is 23.2. The standard InChI is InChI=1S/C15H24N4O2/c1-7-11(8-16-6)12-9-17-13(19-12)10(2)18-14(20)21-15(3,4)5/h7-10H,1-6H3,(H,17,19)(H,18,20)/b11-7+,16-8?/t10-/m0/s1. The number of H-pyrrole nitrogens is 1. The first-order valence-electron chi connectivity index (χ1n) is 6.90. The number of hydrogen-bond donors (Lipinski definition) is 2. The van der Waals surface area contributed by atoms with E-state index in [0.717, 1.165) is 11.3 Å². The fraction of sp³-hybridized carbons (Fsp3) is 0.533. The van der Waals surface area contributed by atoms with Crippen molar-refractivity contribution in [1.29, 1.82) is 0 Å². The SMILES string of the molecule is C/C=C(\C=NC)c1cnc([C@H](C)NC(=O)OC(C)(C)C)[nH]1.